The highest BCUT2D eigenvalue weighted by Gasteiger charge is 2.29. The molecule has 7 nitrogen and oxygen atoms in total. The van der Waals surface area contributed by atoms with Crippen molar-refractivity contribution in [1.82, 2.24) is 30.3 Å². The first kappa shape index (κ1) is 21.6. The zero-order valence-electron chi connectivity index (χ0n) is 16.3. The number of rotatable bonds is 6. The molecule has 0 saturated carbocycles. The van der Waals surface area contributed by atoms with Gasteiger partial charge in [-0.1, -0.05) is 30.3 Å². The van der Waals surface area contributed by atoms with E-state index in [2.05, 4.69) is 74.9 Å². The number of aryl methyl sites for hydroxylation is 1. The Kier molecular flexibility index (Phi) is 8.49. The molecule has 0 amide bonds. The Labute approximate surface area is 178 Å². The van der Waals surface area contributed by atoms with E-state index in [1.807, 2.05) is 11.6 Å². The molecular weight excluding hydrogens is 453 g/mol. The Morgan fingerprint density at radius 1 is 1.30 bits per heavy atom. The van der Waals surface area contributed by atoms with E-state index in [1.54, 1.807) is 6.33 Å². The van der Waals surface area contributed by atoms with Crippen molar-refractivity contribution < 1.29 is 0 Å². The van der Waals surface area contributed by atoms with Gasteiger partial charge in [0.05, 0.1) is 0 Å². The van der Waals surface area contributed by atoms with E-state index >= 15 is 0 Å². The predicted octanol–water partition coefficient (Wildman–Crippen LogP) is 2.15. The average Bonchev–Trinajstić information content (AvgIpc) is 3.19. The summed E-state index contributed by atoms with van der Waals surface area (Å²) < 4.78 is 1.90. The second-order valence-electron chi connectivity index (χ2n) is 6.89. The first-order valence-corrected chi connectivity index (χ1v) is 9.31. The van der Waals surface area contributed by atoms with E-state index in [9.17, 15) is 0 Å². The van der Waals surface area contributed by atoms with Gasteiger partial charge in [0.25, 0.3) is 0 Å². The van der Waals surface area contributed by atoms with Crippen LogP contribution in [0, 0.1) is 0 Å². The maximum absolute atomic E-state index is 4.67. The summed E-state index contributed by atoms with van der Waals surface area (Å²) in [6, 6.07) is 11.6. The maximum atomic E-state index is 4.67. The third kappa shape index (κ3) is 6.17. The van der Waals surface area contributed by atoms with E-state index < -0.39 is 0 Å². The molecule has 2 atom stereocenters. The molecule has 1 aliphatic heterocycles. The molecule has 0 spiro atoms. The van der Waals surface area contributed by atoms with Gasteiger partial charge in [-0.2, -0.15) is 0 Å². The molecule has 8 heteroatoms. The molecule has 2 N–H and O–H groups in total. The minimum absolute atomic E-state index is 0. The average molecular weight is 483 g/mol. The summed E-state index contributed by atoms with van der Waals surface area (Å²) in [5.41, 5.74) is 1.36. The van der Waals surface area contributed by atoms with E-state index in [-0.39, 0.29) is 24.0 Å². The number of guanidine groups is 1. The second kappa shape index (κ2) is 10.6. The smallest absolute Gasteiger partial charge is 0.191 e. The molecule has 1 fully saturated rings. The molecule has 0 aliphatic carbocycles. The fourth-order valence-corrected chi connectivity index (χ4v) is 3.35. The first-order valence-electron chi connectivity index (χ1n) is 9.31. The van der Waals surface area contributed by atoms with Gasteiger partial charge in [-0.3, -0.25) is 4.90 Å². The van der Waals surface area contributed by atoms with Crippen LogP contribution in [0.3, 0.4) is 0 Å². The number of benzene rings is 1. The van der Waals surface area contributed by atoms with Crippen LogP contribution < -0.4 is 10.6 Å². The monoisotopic (exact) mass is 483 g/mol. The molecule has 2 aromatic rings. The second-order valence-corrected chi connectivity index (χ2v) is 6.89. The molecule has 148 valence electrons. The largest absolute Gasteiger partial charge is 0.357 e. The number of halogens is 1. The van der Waals surface area contributed by atoms with Crippen LogP contribution in [0.2, 0.25) is 0 Å². The van der Waals surface area contributed by atoms with Gasteiger partial charge in [-0.15, -0.1) is 34.2 Å². The fourth-order valence-electron chi connectivity index (χ4n) is 3.35. The first-order chi connectivity index (χ1) is 12.7. The fraction of sp³-hybridized carbons (Fsp3) is 0.526. The molecule has 1 aromatic heterocycles. The van der Waals surface area contributed by atoms with Crippen molar-refractivity contribution in [3.63, 3.8) is 0 Å². The van der Waals surface area contributed by atoms with E-state index in [0.29, 0.717) is 18.6 Å². The molecular formula is C19H30IN7. The van der Waals surface area contributed by atoms with Crippen molar-refractivity contribution in [3.05, 3.63) is 48.0 Å². The van der Waals surface area contributed by atoms with Crippen LogP contribution in [0.4, 0.5) is 0 Å². The number of nitrogens with zero attached hydrogens (tertiary/aromatic N) is 5. The van der Waals surface area contributed by atoms with Crippen molar-refractivity contribution in [2.24, 2.45) is 12.0 Å². The highest BCUT2D eigenvalue weighted by Crippen LogP contribution is 2.20. The Balaban J connectivity index is 0.00000261. The number of aromatic nitrogens is 3. The van der Waals surface area contributed by atoms with Gasteiger partial charge in [-0.05, 0) is 25.8 Å². The topological polar surface area (TPSA) is 70.4 Å². The molecule has 0 bridgehead atoms. The number of likely N-dealkylation sites (tertiary alicyclic amines) is 1. The standard InChI is InChI=1S/C19H29N7.HI/c1-4-20-19(21-11-18-24-22-14-25(18)3)23-17-10-15(2)26(13-17)12-16-8-6-5-7-9-16;/h5-9,14-15,17H,4,10-13H2,1-3H3,(H2,20,21,23);1H. The summed E-state index contributed by atoms with van der Waals surface area (Å²) >= 11 is 0. The Bertz CT molecular complexity index is 716. The third-order valence-corrected chi connectivity index (χ3v) is 4.80. The van der Waals surface area contributed by atoms with Crippen molar-refractivity contribution in [2.75, 3.05) is 13.1 Å². The van der Waals surface area contributed by atoms with Gasteiger partial charge in [0.1, 0.15) is 12.9 Å². The number of hydrogen-bond acceptors (Lipinski definition) is 4. The lowest BCUT2D eigenvalue weighted by atomic mass is 10.2. The molecule has 1 aliphatic rings. The zero-order valence-corrected chi connectivity index (χ0v) is 18.6. The highest BCUT2D eigenvalue weighted by molar-refractivity contribution is 14.0. The van der Waals surface area contributed by atoms with Crippen molar-refractivity contribution in [2.45, 2.75) is 45.4 Å². The van der Waals surface area contributed by atoms with Crippen LogP contribution in [0.1, 0.15) is 31.7 Å². The van der Waals surface area contributed by atoms with Crippen LogP contribution in [0.15, 0.2) is 41.7 Å². The predicted molar refractivity (Wildman–Crippen MR) is 119 cm³/mol. The third-order valence-electron chi connectivity index (χ3n) is 4.80. The normalized spacial score (nSPS) is 20.3. The molecule has 2 heterocycles. The summed E-state index contributed by atoms with van der Waals surface area (Å²) in [4.78, 5) is 7.19. The summed E-state index contributed by atoms with van der Waals surface area (Å²) in [6.45, 7) is 7.74. The van der Waals surface area contributed by atoms with Crippen LogP contribution in [0.5, 0.6) is 0 Å². The van der Waals surface area contributed by atoms with Gasteiger partial charge in [-0.25, -0.2) is 4.99 Å². The van der Waals surface area contributed by atoms with Crippen molar-refractivity contribution in [3.8, 4) is 0 Å². The Morgan fingerprint density at radius 3 is 2.74 bits per heavy atom. The van der Waals surface area contributed by atoms with Crippen LogP contribution in [-0.2, 0) is 20.1 Å². The minimum atomic E-state index is 0. The van der Waals surface area contributed by atoms with Crippen molar-refractivity contribution >= 4 is 29.9 Å². The minimum Gasteiger partial charge on any atom is -0.357 e. The molecule has 2 unspecified atom stereocenters. The molecule has 3 rings (SSSR count). The summed E-state index contributed by atoms with van der Waals surface area (Å²) in [7, 11) is 1.94. The zero-order chi connectivity index (χ0) is 18.4. The van der Waals surface area contributed by atoms with Gasteiger partial charge >= 0.3 is 0 Å². The molecule has 27 heavy (non-hydrogen) atoms. The molecule has 1 saturated heterocycles. The van der Waals surface area contributed by atoms with Crippen LogP contribution in [-0.4, -0.2) is 50.8 Å². The Hall–Kier alpha value is -1.68. The highest BCUT2D eigenvalue weighted by atomic mass is 127. The van der Waals surface area contributed by atoms with Gasteiger partial charge in [0, 0.05) is 38.8 Å². The van der Waals surface area contributed by atoms with Gasteiger partial charge < -0.3 is 15.2 Å². The van der Waals surface area contributed by atoms with E-state index in [1.165, 1.54) is 5.56 Å². The van der Waals surface area contributed by atoms with Gasteiger partial charge in [0.2, 0.25) is 0 Å². The Morgan fingerprint density at radius 2 is 2.07 bits per heavy atom. The maximum Gasteiger partial charge on any atom is 0.191 e. The summed E-state index contributed by atoms with van der Waals surface area (Å²) in [6.07, 6.45) is 2.81. The number of nitrogens with one attached hydrogen (secondary N) is 2. The SMILES string of the molecule is CCNC(=NCc1nncn1C)NC1CC(C)N(Cc2ccccc2)C1.I. The summed E-state index contributed by atoms with van der Waals surface area (Å²) in [5, 5.41) is 14.9. The quantitative estimate of drug-likeness (QED) is 0.375. The number of hydrogen-bond donors (Lipinski definition) is 2. The lowest BCUT2D eigenvalue weighted by Crippen LogP contribution is -2.44. The lowest BCUT2D eigenvalue weighted by molar-refractivity contribution is 0.258. The lowest BCUT2D eigenvalue weighted by Gasteiger charge is -2.21. The van der Waals surface area contributed by atoms with Crippen LogP contribution >= 0.6 is 24.0 Å². The molecule has 0 radical (unpaired) electrons. The van der Waals surface area contributed by atoms with E-state index in [0.717, 1.165) is 37.8 Å². The van der Waals surface area contributed by atoms with Gasteiger partial charge in [0.15, 0.2) is 11.8 Å². The summed E-state index contributed by atoms with van der Waals surface area (Å²) in [5.74, 6) is 1.70. The van der Waals surface area contributed by atoms with Crippen LogP contribution in [0.25, 0.3) is 0 Å². The van der Waals surface area contributed by atoms with Crippen molar-refractivity contribution in [1.29, 1.82) is 0 Å². The van der Waals surface area contributed by atoms with E-state index in [4.69, 9.17) is 0 Å². The number of aliphatic imine (C=N–C) groups is 1. The molecule has 1 aromatic carbocycles.